The summed E-state index contributed by atoms with van der Waals surface area (Å²) < 4.78 is 5.24. The van der Waals surface area contributed by atoms with Gasteiger partial charge < -0.3 is 9.72 Å². The highest BCUT2D eigenvalue weighted by Gasteiger charge is 2.08. The van der Waals surface area contributed by atoms with Crippen molar-refractivity contribution in [2.75, 3.05) is 6.61 Å². The Hall–Kier alpha value is -1.68. The van der Waals surface area contributed by atoms with Gasteiger partial charge in [0.2, 0.25) is 5.90 Å². The van der Waals surface area contributed by atoms with E-state index in [4.69, 9.17) is 33.3 Å². The van der Waals surface area contributed by atoms with Gasteiger partial charge in [-0.15, -0.1) is 12.4 Å². The SMILES string of the molecule is CCOC(=N)c1ccc2[nH]c(-c3cc(Cl)cc(Cl)c3)cc2c1.Cl. The van der Waals surface area contributed by atoms with E-state index in [9.17, 15) is 0 Å². The lowest BCUT2D eigenvalue weighted by atomic mass is 10.1. The van der Waals surface area contributed by atoms with E-state index in [1.165, 1.54) is 0 Å². The van der Waals surface area contributed by atoms with Crippen molar-refractivity contribution in [3.8, 4) is 11.3 Å². The number of ether oxygens (including phenoxy) is 1. The summed E-state index contributed by atoms with van der Waals surface area (Å²) in [4.78, 5) is 3.34. The molecule has 6 heteroatoms. The van der Waals surface area contributed by atoms with Gasteiger partial charge in [0, 0.05) is 37.8 Å². The van der Waals surface area contributed by atoms with Crippen LogP contribution in [0.3, 0.4) is 0 Å². The van der Waals surface area contributed by atoms with Gasteiger partial charge in [-0.25, -0.2) is 0 Å². The van der Waals surface area contributed by atoms with Gasteiger partial charge in [0.25, 0.3) is 0 Å². The number of hydrogen-bond donors (Lipinski definition) is 2. The van der Waals surface area contributed by atoms with Crippen molar-refractivity contribution in [1.29, 1.82) is 5.41 Å². The maximum Gasteiger partial charge on any atom is 0.213 e. The summed E-state index contributed by atoms with van der Waals surface area (Å²) in [5.74, 6) is 0.179. The van der Waals surface area contributed by atoms with E-state index in [2.05, 4.69) is 4.98 Å². The third-order valence-corrected chi connectivity index (χ3v) is 3.78. The number of hydrogen-bond acceptors (Lipinski definition) is 2. The zero-order valence-electron chi connectivity index (χ0n) is 12.3. The minimum Gasteiger partial charge on any atom is -0.478 e. The van der Waals surface area contributed by atoms with Gasteiger partial charge in [-0.3, -0.25) is 5.41 Å². The van der Waals surface area contributed by atoms with Crippen molar-refractivity contribution in [3.63, 3.8) is 0 Å². The first-order valence-corrected chi connectivity index (χ1v) is 7.63. The first-order valence-electron chi connectivity index (χ1n) is 6.88. The number of fused-ring (bicyclic) bond motifs is 1. The quantitative estimate of drug-likeness (QED) is 0.436. The molecule has 0 aliphatic carbocycles. The number of aromatic nitrogens is 1. The third kappa shape index (κ3) is 3.81. The van der Waals surface area contributed by atoms with Gasteiger partial charge in [-0.2, -0.15) is 0 Å². The average Bonchev–Trinajstić information content (AvgIpc) is 2.89. The van der Waals surface area contributed by atoms with Crippen molar-refractivity contribution in [3.05, 3.63) is 58.1 Å². The Bertz CT molecular complexity index is 838. The number of nitrogens with one attached hydrogen (secondary N) is 2. The van der Waals surface area contributed by atoms with Crippen LogP contribution < -0.4 is 0 Å². The number of rotatable bonds is 3. The van der Waals surface area contributed by atoms with E-state index in [0.29, 0.717) is 16.7 Å². The summed E-state index contributed by atoms with van der Waals surface area (Å²) in [5.41, 5.74) is 3.60. The minimum atomic E-state index is 0. The first kappa shape index (κ1) is 17.7. The van der Waals surface area contributed by atoms with Crippen LogP contribution >= 0.6 is 35.6 Å². The van der Waals surface area contributed by atoms with Crippen LogP contribution in [-0.2, 0) is 4.74 Å². The van der Waals surface area contributed by atoms with Crippen molar-refractivity contribution >= 4 is 52.4 Å². The predicted octanol–water partition coefficient (Wildman–Crippen LogP) is 5.93. The van der Waals surface area contributed by atoms with Crippen molar-refractivity contribution in [2.24, 2.45) is 0 Å². The smallest absolute Gasteiger partial charge is 0.213 e. The maximum absolute atomic E-state index is 7.86. The van der Waals surface area contributed by atoms with Crippen LogP contribution in [-0.4, -0.2) is 17.5 Å². The minimum absolute atomic E-state index is 0. The highest BCUT2D eigenvalue weighted by Crippen LogP contribution is 2.29. The lowest BCUT2D eigenvalue weighted by molar-refractivity contribution is 0.325. The van der Waals surface area contributed by atoms with Crippen molar-refractivity contribution in [1.82, 2.24) is 4.98 Å². The molecular weight excluding hydrogens is 355 g/mol. The van der Waals surface area contributed by atoms with Gasteiger partial charge >= 0.3 is 0 Å². The van der Waals surface area contributed by atoms with E-state index in [1.54, 1.807) is 6.07 Å². The molecule has 3 aromatic rings. The zero-order valence-corrected chi connectivity index (χ0v) is 14.6. The summed E-state index contributed by atoms with van der Waals surface area (Å²) in [6.07, 6.45) is 0. The summed E-state index contributed by atoms with van der Waals surface area (Å²) >= 11 is 12.1. The van der Waals surface area contributed by atoms with E-state index in [1.807, 2.05) is 43.3 Å². The van der Waals surface area contributed by atoms with Crippen LogP contribution in [0.25, 0.3) is 22.2 Å². The fourth-order valence-corrected chi connectivity index (χ4v) is 2.89. The number of benzene rings is 2. The van der Waals surface area contributed by atoms with Crippen molar-refractivity contribution < 1.29 is 4.74 Å². The highest BCUT2D eigenvalue weighted by atomic mass is 35.5. The Kier molecular flexibility index (Phi) is 5.58. The molecule has 0 saturated heterocycles. The van der Waals surface area contributed by atoms with Crippen LogP contribution in [0.2, 0.25) is 10.0 Å². The second-order valence-electron chi connectivity index (χ2n) is 4.91. The van der Waals surface area contributed by atoms with E-state index in [-0.39, 0.29) is 18.3 Å². The molecule has 2 aromatic carbocycles. The first-order chi connectivity index (χ1) is 10.6. The molecule has 1 aromatic heterocycles. The van der Waals surface area contributed by atoms with Crippen LogP contribution in [0.5, 0.6) is 0 Å². The Morgan fingerprint density at radius 3 is 2.43 bits per heavy atom. The molecule has 0 saturated carbocycles. The lowest BCUT2D eigenvalue weighted by Gasteiger charge is -2.04. The standard InChI is InChI=1S/C17H14Cl2N2O.ClH/c1-2-22-17(20)10-3-4-15-11(5-10)8-16(21-15)12-6-13(18)9-14(19)7-12;/h3-9,20-21H,2H2,1H3;1H. The lowest BCUT2D eigenvalue weighted by Crippen LogP contribution is -2.03. The molecule has 0 aliphatic heterocycles. The molecule has 0 atom stereocenters. The summed E-state index contributed by atoms with van der Waals surface area (Å²) in [6, 6.07) is 13.2. The molecule has 0 radical (unpaired) electrons. The molecule has 0 aliphatic rings. The Morgan fingerprint density at radius 1 is 1.09 bits per heavy atom. The van der Waals surface area contributed by atoms with Crippen LogP contribution in [0.4, 0.5) is 0 Å². The van der Waals surface area contributed by atoms with Gasteiger partial charge in [0.15, 0.2) is 0 Å². The number of aromatic amines is 1. The second kappa shape index (κ2) is 7.26. The maximum atomic E-state index is 7.86. The molecule has 3 nitrogen and oxygen atoms in total. The molecule has 23 heavy (non-hydrogen) atoms. The van der Waals surface area contributed by atoms with E-state index < -0.39 is 0 Å². The van der Waals surface area contributed by atoms with Gasteiger partial charge in [-0.1, -0.05) is 23.2 Å². The molecular formula is C17H15Cl3N2O. The summed E-state index contributed by atoms with van der Waals surface area (Å²) in [6.45, 7) is 2.35. The fourth-order valence-electron chi connectivity index (χ4n) is 2.37. The molecule has 0 bridgehead atoms. The largest absolute Gasteiger partial charge is 0.478 e. The van der Waals surface area contributed by atoms with Gasteiger partial charge in [0.1, 0.15) is 0 Å². The normalized spacial score (nSPS) is 10.4. The van der Waals surface area contributed by atoms with Gasteiger partial charge in [-0.05, 0) is 49.4 Å². The summed E-state index contributed by atoms with van der Waals surface area (Å²) in [7, 11) is 0. The average molecular weight is 370 g/mol. The molecule has 3 rings (SSSR count). The molecule has 0 amide bonds. The molecule has 0 fully saturated rings. The molecule has 1 heterocycles. The van der Waals surface area contributed by atoms with Crippen LogP contribution in [0.15, 0.2) is 42.5 Å². The molecule has 0 spiro atoms. The summed E-state index contributed by atoms with van der Waals surface area (Å²) in [5, 5.41) is 10.1. The van der Waals surface area contributed by atoms with Gasteiger partial charge in [0.05, 0.1) is 6.61 Å². The predicted molar refractivity (Wildman–Crippen MR) is 99.5 cm³/mol. The monoisotopic (exact) mass is 368 g/mol. The topological polar surface area (TPSA) is 48.9 Å². The van der Waals surface area contributed by atoms with E-state index in [0.717, 1.165) is 27.7 Å². The van der Waals surface area contributed by atoms with Crippen molar-refractivity contribution in [2.45, 2.75) is 6.92 Å². The Labute approximate surface area is 150 Å². The Morgan fingerprint density at radius 2 is 1.78 bits per heavy atom. The van der Waals surface area contributed by atoms with E-state index >= 15 is 0 Å². The fraction of sp³-hybridized carbons (Fsp3) is 0.118. The second-order valence-corrected chi connectivity index (χ2v) is 5.78. The van der Waals surface area contributed by atoms with Crippen LogP contribution in [0.1, 0.15) is 12.5 Å². The highest BCUT2D eigenvalue weighted by molar-refractivity contribution is 6.35. The Balaban J connectivity index is 0.00000192. The number of halogens is 3. The third-order valence-electron chi connectivity index (χ3n) is 3.35. The number of H-pyrrole nitrogens is 1. The zero-order chi connectivity index (χ0) is 15.7. The van der Waals surface area contributed by atoms with Crippen LogP contribution in [0, 0.1) is 5.41 Å². The molecule has 120 valence electrons. The molecule has 2 N–H and O–H groups in total. The molecule has 0 unspecified atom stereocenters.